The number of nitrogens with one attached hydrogen (secondary N) is 1. The second-order valence-corrected chi connectivity index (χ2v) is 3.47. The third-order valence-corrected chi connectivity index (χ3v) is 2.32. The number of rotatable bonds is 1. The lowest BCUT2D eigenvalue weighted by Crippen LogP contribution is -2.16. The van der Waals surface area contributed by atoms with Crippen LogP contribution in [0, 0.1) is 5.82 Å². The van der Waals surface area contributed by atoms with Crippen LogP contribution in [-0.2, 0) is 11.2 Å². The van der Waals surface area contributed by atoms with Gasteiger partial charge >= 0.3 is 5.97 Å². The van der Waals surface area contributed by atoms with Crippen molar-refractivity contribution in [3.8, 4) is 0 Å². The van der Waals surface area contributed by atoms with E-state index in [1.807, 2.05) is 0 Å². The van der Waals surface area contributed by atoms with E-state index < -0.39 is 5.97 Å². The number of aliphatic carboxylic acids is 1. The van der Waals surface area contributed by atoms with Crippen molar-refractivity contribution in [2.45, 2.75) is 6.42 Å². The molecule has 0 saturated carbocycles. The van der Waals surface area contributed by atoms with Gasteiger partial charge in [0.1, 0.15) is 5.82 Å². The Balaban J connectivity index is 2.28. The van der Waals surface area contributed by atoms with Gasteiger partial charge in [0.05, 0.1) is 0 Å². The minimum absolute atomic E-state index is 0.285. The van der Waals surface area contributed by atoms with Crippen molar-refractivity contribution in [3.05, 3.63) is 41.2 Å². The van der Waals surface area contributed by atoms with E-state index in [4.69, 9.17) is 5.11 Å². The molecular weight excluding hydrogens is 197 g/mol. The van der Waals surface area contributed by atoms with Crippen LogP contribution in [0.3, 0.4) is 0 Å². The lowest BCUT2D eigenvalue weighted by atomic mass is 9.99. The fraction of sp³-hybridized carbons (Fsp3) is 0.182. The van der Waals surface area contributed by atoms with Crippen LogP contribution in [0.2, 0.25) is 0 Å². The summed E-state index contributed by atoms with van der Waals surface area (Å²) in [6, 6.07) is 4.48. The van der Waals surface area contributed by atoms with E-state index in [0.717, 1.165) is 16.8 Å². The first-order valence-electron chi connectivity index (χ1n) is 4.60. The normalized spacial score (nSPS) is 17.0. The molecule has 0 aromatic heterocycles. The van der Waals surface area contributed by atoms with E-state index in [-0.39, 0.29) is 5.82 Å². The molecule has 1 aliphatic heterocycles. The van der Waals surface area contributed by atoms with Crippen molar-refractivity contribution in [2.24, 2.45) is 0 Å². The van der Waals surface area contributed by atoms with Crippen LogP contribution < -0.4 is 5.32 Å². The number of carbonyl (C=O) groups is 1. The maximum Gasteiger partial charge on any atom is 0.328 e. The zero-order valence-corrected chi connectivity index (χ0v) is 7.96. The Morgan fingerprint density at radius 1 is 1.53 bits per heavy atom. The number of hydrogen-bond acceptors (Lipinski definition) is 2. The summed E-state index contributed by atoms with van der Waals surface area (Å²) in [5.74, 6) is -1.23. The molecule has 15 heavy (non-hydrogen) atoms. The SMILES string of the molecule is O=C(O)C=C1CNc2cc(F)ccc2C1. The lowest BCUT2D eigenvalue weighted by molar-refractivity contribution is -0.131. The number of benzene rings is 1. The highest BCUT2D eigenvalue weighted by Gasteiger charge is 2.13. The number of halogens is 1. The van der Waals surface area contributed by atoms with Crippen LogP contribution in [0.15, 0.2) is 29.8 Å². The Hall–Kier alpha value is -1.84. The van der Waals surface area contributed by atoms with E-state index in [9.17, 15) is 9.18 Å². The summed E-state index contributed by atoms with van der Waals surface area (Å²) in [6.45, 7) is 0.461. The van der Waals surface area contributed by atoms with Crippen LogP contribution in [0.5, 0.6) is 0 Å². The van der Waals surface area contributed by atoms with Gasteiger partial charge in [-0.05, 0) is 29.7 Å². The standard InChI is InChI=1S/C11H10FNO2/c12-9-2-1-8-3-7(4-11(14)15)6-13-10(8)5-9/h1-2,4-5,13H,3,6H2,(H,14,15). The van der Waals surface area contributed by atoms with Gasteiger partial charge < -0.3 is 10.4 Å². The molecule has 1 aliphatic rings. The molecule has 1 aromatic carbocycles. The number of hydrogen-bond donors (Lipinski definition) is 2. The predicted molar refractivity (Wildman–Crippen MR) is 54.3 cm³/mol. The maximum absolute atomic E-state index is 12.9. The average Bonchev–Trinajstić information content (AvgIpc) is 2.17. The zero-order chi connectivity index (χ0) is 10.8. The molecule has 2 N–H and O–H groups in total. The fourth-order valence-corrected chi connectivity index (χ4v) is 1.66. The van der Waals surface area contributed by atoms with Gasteiger partial charge in [0.15, 0.2) is 0 Å². The quantitative estimate of drug-likeness (QED) is 0.690. The van der Waals surface area contributed by atoms with Crippen LogP contribution in [-0.4, -0.2) is 17.6 Å². The molecule has 0 fully saturated rings. The van der Waals surface area contributed by atoms with Crippen molar-refractivity contribution < 1.29 is 14.3 Å². The average molecular weight is 207 g/mol. The molecule has 4 heteroatoms. The molecule has 1 heterocycles. The first-order chi connectivity index (χ1) is 7.15. The van der Waals surface area contributed by atoms with Gasteiger partial charge in [0.2, 0.25) is 0 Å². The molecule has 0 unspecified atom stereocenters. The summed E-state index contributed by atoms with van der Waals surface area (Å²) >= 11 is 0. The van der Waals surface area contributed by atoms with Crippen LogP contribution in [0.25, 0.3) is 0 Å². The molecule has 0 aliphatic carbocycles. The van der Waals surface area contributed by atoms with E-state index in [0.29, 0.717) is 13.0 Å². The summed E-state index contributed by atoms with van der Waals surface area (Å²) in [5.41, 5.74) is 2.47. The first-order valence-corrected chi connectivity index (χ1v) is 4.60. The van der Waals surface area contributed by atoms with Gasteiger partial charge in [0.25, 0.3) is 0 Å². The highest BCUT2D eigenvalue weighted by molar-refractivity contribution is 5.81. The van der Waals surface area contributed by atoms with Crippen LogP contribution in [0.4, 0.5) is 10.1 Å². The molecular formula is C11H10FNO2. The summed E-state index contributed by atoms with van der Waals surface area (Å²) in [6.07, 6.45) is 1.76. The van der Waals surface area contributed by atoms with E-state index in [1.54, 1.807) is 6.07 Å². The largest absolute Gasteiger partial charge is 0.478 e. The molecule has 0 bridgehead atoms. The summed E-state index contributed by atoms with van der Waals surface area (Å²) in [4.78, 5) is 10.5. The Labute approximate surface area is 86.2 Å². The number of fused-ring (bicyclic) bond motifs is 1. The highest BCUT2D eigenvalue weighted by atomic mass is 19.1. The summed E-state index contributed by atoms with van der Waals surface area (Å²) in [5, 5.41) is 11.6. The Kier molecular flexibility index (Phi) is 2.41. The lowest BCUT2D eigenvalue weighted by Gasteiger charge is -2.20. The van der Waals surface area contributed by atoms with Crippen molar-refractivity contribution in [2.75, 3.05) is 11.9 Å². The molecule has 0 radical (unpaired) electrons. The molecule has 2 rings (SSSR count). The van der Waals surface area contributed by atoms with Crippen LogP contribution >= 0.6 is 0 Å². The van der Waals surface area contributed by atoms with Gasteiger partial charge in [-0.2, -0.15) is 0 Å². The molecule has 0 saturated heterocycles. The smallest absolute Gasteiger partial charge is 0.328 e. The van der Waals surface area contributed by atoms with Gasteiger partial charge in [0, 0.05) is 18.3 Å². The Morgan fingerprint density at radius 3 is 3.07 bits per heavy atom. The third-order valence-electron chi connectivity index (χ3n) is 2.32. The Morgan fingerprint density at radius 2 is 2.33 bits per heavy atom. The number of carboxylic acid groups (broad SMARTS) is 1. The molecule has 0 amide bonds. The van der Waals surface area contributed by atoms with Crippen LogP contribution in [0.1, 0.15) is 5.56 Å². The van der Waals surface area contributed by atoms with Gasteiger partial charge in [-0.25, -0.2) is 9.18 Å². The minimum atomic E-state index is -0.947. The van der Waals surface area contributed by atoms with Crippen molar-refractivity contribution in [1.29, 1.82) is 0 Å². The Bertz CT molecular complexity index is 440. The number of anilines is 1. The second kappa shape index (κ2) is 3.73. The minimum Gasteiger partial charge on any atom is -0.478 e. The molecule has 1 aromatic rings. The van der Waals surface area contributed by atoms with Crippen molar-refractivity contribution >= 4 is 11.7 Å². The molecule has 0 atom stereocenters. The monoisotopic (exact) mass is 207 g/mol. The summed E-state index contributed by atoms with van der Waals surface area (Å²) in [7, 11) is 0. The predicted octanol–water partition coefficient (Wildman–Crippen LogP) is 1.80. The number of carboxylic acids is 1. The van der Waals surface area contributed by atoms with Gasteiger partial charge in [-0.15, -0.1) is 0 Å². The summed E-state index contributed by atoms with van der Waals surface area (Å²) < 4.78 is 12.9. The molecule has 78 valence electrons. The maximum atomic E-state index is 12.9. The van der Waals surface area contributed by atoms with E-state index in [2.05, 4.69) is 5.32 Å². The highest BCUT2D eigenvalue weighted by Crippen LogP contribution is 2.24. The fourth-order valence-electron chi connectivity index (χ4n) is 1.66. The molecule has 0 spiro atoms. The topological polar surface area (TPSA) is 49.3 Å². The first kappa shape index (κ1) is 9.71. The second-order valence-electron chi connectivity index (χ2n) is 3.47. The van der Waals surface area contributed by atoms with Crippen molar-refractivity contribution in [3.63, 3.8) is 0 Å². The van der Waals surface area contributed by atoms with Crippen molar-refractivity contribution in [1.82, 2.24) is 0 Å². The van der Waals surface area contributed by atoms with Gasteiger partial charge in [-0.1, -0.05) is 6.07 Å². The van der Waals surface area contributed by atoms with Gasteiger partial charge in [-0.3, -0.25) is 0 Å². The molecule has 3 nitrogen and oxygen atoms in total. The van der Waals surface area contributed by atoms with E-state index >= 15 is 0 Å². The zero-order valence-electron chi connectivity index (χ0n) is 7.96. The third kappa shape index (κ3) is 2.15. The van der Waals surface area contributed by atoms with E-state index in [1.165, 1.54) is 18.2 Å².